The highest BCUT2D eigenvalue weighted by Crippen LogP contribution is 2.26. The molecule has 2 heterocycles. The van der Waals surface area contributed by atoms with Crippen LogP contribution < -0.4 is 5.32 Å². The Bertz CT molecular complexity index is 530. The summed E-state index contributed by atoms with van der Waals surface area (Å²) in [5, 5.41) is 15.9. The Labute approximate surface area is 121 Å². The number of thiophene rings is 1. The summed E-state index contributed by atoms with van der Waals surface area (Å²) in [4.78, 5) is 10.1. The summed E-state index contributed by atoms with van der Waals surface area (Å²) in [5.41, 5.74) is 0. The van der Waals surface area contributed by atoms with Crippen molar-refractivity contribution in [3.8, 4) is 0 Å². The number of nitrogens with one attached hydrogen (secondary N) is 1. The number of anilines is 1. The van der Waals surface area contributed by atoms with E-state index in [-0.39, 0.29) is 12.6 Å². The van der Waals surface area contributed by atoms with Crippen LogP contribution in [0.15, 0.2) is 11.4 Å². The number of hydrogen-bond acceptors (Lipinski definition) is 6. The molecular weight excluding hydrogens is 278 g/mol. The van der Waals surface area contributed by atoms with Crippen LogP contribution in [0.2, 0.25) is 0 Å². The molecule has 0 aliphatic rings. The number of nitrogens with zero attached hydrogens (tertiary/aromatic N) is 2. The first-order valence-corrected chi connectivity index (χ1v) is 8.66. The van der Waals surface area contributed by atoms with Gasteiger partial charge in [0.05, 0.1) is 18.0 Å². The van der Waals surface area contributed by atoms with Gasteiger partial charge in [0.2, 0.25) is 0 Å². The molecule has 1 unspecified atom stereocenters. The van der Waals surface area contributed by atoms with Crippen LogP contribution in [0.5, 0.6) is 0 Å². The molecule has 0 aromatic carbocycles. The van der Waals surface area contributed by atoms with Crippen molar-refractivity contribution in [1.29, 1.82) is 0 Å². The average molecular weight is 297 g/mol. The van der Waals surface area contributed by atoms with Crippen LogP contribution in [0.3, 0.4) is 0 Å². The zero-order valence-corrected chi connectivity index (χ0v) is 12.9. The molecule has 2 rings (SSSR count). The lowest BCUT2D eigenvalue weighted by atomic mass is 10.2. The summed E-state index contributed by atoms with van der Waals surface area (Å²) in [6.45, 7) is 2.17. The minimum atomic E-state index is 0.0511. The third kappa shape index (κ3) is 3.58. The van der Waals surface area contributed by atoms with E-state index in [1.807, 2.05) is 11.4 Å². The van der Waals surface area contributed by atoms with Gasteiger partial charge in [-0.15, -0.1) is 11.3 Å². The number of aliphatic hydroxyl groups excluding tert-OH is 1. The minimum Gasteiger partial charge on any atom is -0.394 e. The average Bonchev–Trinajstić information content (AvgIpc) is 2.91. The van der Waals surface area contributed by atoms with Gasteiger partial charge in [-0.25, -0.2) is 9.97 Å². The van der Waals surface area contributed by atoms with E-state index in [1.165, 1.54) is 0 Å². The van der Waals surface area contributed by atoms with Gasteiger partial charge in [0.1, 0.15) is 16.5 Å². The van der Waals surface area contributed by atoms with Crippen molar-refractivity contribution in [2.45, 2.75) is 25.8 Å². The quantitative estimate of drug-likeness (QED) is 0.823. The van der Waals surface area contributed by atoms with E-state index in [9.17, 15) is 5.11 Å². The van der Waals surface area contributed by atoms with E-state index in [2.05, 4.69) is 28.5 Å². The first-order valence-electron chi connectivity index (χ1n) is 6.39. The second kappa shape index (κ2) is 7.07. The zero-order valence-electron chi connectivity index (χ0n) is 11.2. The number of thioether (sulfide) groups is 1. The Morgan fingerprint density at radius 1 is 1.47 bits per heavy atom. The summed E-state index contributed by atoms with van der Waals surface area (Å²) in [6.07, 6.45) is 3.82. The topological polar surface area (TPSA) is 58.0 Å². The van der Waals surface area contributed by atoms with Crippen molar-refractivity contribution < 1.29 is 5.11 Å². The largest absolute Gasteiger partial charge is 0.394 e. The van der Waals surface area contributed by atoms with Crippen LogP contribution in [0.4, 0.5) is 5.82 Å². The highest BCUT2D eigenvalue weighted by atomic mass is 32.2. The van der Waals surface area contributed by atoms with Crippen molar-refractivity contribution in [2.24, 2.45) is 0 Å². The van der Waals surface area contributed by atoms with Crippen LogP contribution in [0.1, 0.15) is 19.2 Å². The van der Waals surface area contributed by atoms with Gasteiger partial charge in [0.25, 0.3) is 0 Å². The van der Waals surface area contributed by atoms with Crippen molar-refractivity contribution in [3.63, 3.8) is 0 Å². The fourth-order valence-corrected chi connectivity index (χ4v) is 3.13. The molecule has 0 aliphatic carbocycles. The highest BCUT2D eigenvalue weighted by Gasteiger charge is 2.12. The first kappa shape index (κ1) is 14.6. The summed E-state index contributed by atoms with van der Waals surface area (Å²) in [7, 11) is 0. The molecule has 2 aromatic heterocycles. The molecule has 104 valence electrons. The SMILES string of the molecule is CCc1nc(NC(CO)CCSC)c2ccsc2n1. The molecule has 0 saturated carbocycles. The lowest BCUT2D eigenvalue weighted by Crippen LogP contribution is -2.25. The Balaban J connectivity index is 2.24. The summed E-state index contributed by atoms with van der Waals surface area (Å²) in [5.74, 6) is 2.72. The lowest BCUT2D eigenvalue weighted by molar-refractivity contribution is 0.272. The first-order chi connectivity index (χ1) is 9.28. The van der Waals surface area contributed by atoms with Crippen LogP contribution in [-0.2, 0) is 6.42 Å². The monoisotopic (exact) mass is 297 g/mol. The number of aromatic nitrogens is 2. The molecule has 0 radical (unpaired) electrons. The molecule has 4 nitrogen and oxygen atoms in total. The number of rotatable bonds is 7. The van der Waals surface area contributed by atoms with Gasteiger partial charge in [0.15, 0.2) is 0 Å². The van der Waals surface area contributed by atoms with Gasteiger partial charge in [-0.1, -0.05) is 6.92 Å². The summed E-state index contributed by atoms with van der Waals surface area (Å²) in [6, 6.07) is 2.08. The van der Waals surface area contributed by atoms with E-state index >= 15 is 0 Å². The molecule has 2 aromatic rings. The van der Waals surface area contributed by atoms with Crippen molar-refractivity contribution in [1.82, 2.24) is 9.97 Å². The van der Waals surface area contributed by atoms with Crippen molar-refractivity contribution in [2.75, 3.05) is 23.9 Å². The highest BCUT2D eigenvalue weighted by molar-refractivity contribution is 7.98. The predicted octanol–water partition coefficient (Wildman–Crippen LogP) is 2.78. The molecule has 0 bridgehead atoms. The zero-order chi connectivity index (χ0) is 13.7. The van der Waals surface area contributed by atoms with E-state index in [0.29, 0.717) is 0 Å². The van der Waals surface area contributed by atoms with Gasteiger partial charge < -0.3 is 10.4 Å². The van der Waals surface area contributed by atoms with E-state index in [0.717, 1.165) is 40.5 Å². The van der Waals surface area contributed by atoms with Gasteiger partial charge in [-0.05, 0) is 29.9 Å². The molecule has 6 heteroatoms. The van der Waals surface area contributed by atoms with Crippen molar-refractivity contribution >= 4 is 39.1 Å². The van der Waals surface area contributed by atoms with Crippen LogP contribution >= 0.6 is 23.1 Å². The molecule has 0 aliphatic heterocycles. The second-order valence-electron chi connectivity index (χ2n) is 4.29. The maximum atomic E-state index is 9.45. The number of fused-ring (bicyclic) bond motifs is 1. The normalized spacial score (nSPS) is 12.8. The van der Waals surface area contributed by atoms with E-state index in [1.54, 1.807) is 23.1 Å². The fraction of sp³-hybridized carbons (Fsp3) is 0.538. The number of aryl methyl sites for hydroxylation is 1. The molecular formula is C13H19N3OS2. The van der Waals surface area contributed by atoms with Crippen LogP contribution in [-0.4, -0.2) is 39.7 Å². The second-order valence-corrected chi connectivity index (χ2v) is 6.17. The van der Waals surface area contributed by atoms with Crippen LogP contribution in [0, 0.1) is 0 Å². The maximum Gasteiger partial charge on any atom is 0.138 e. The standard InChI is InChI=1S/C13H19N3OS2/c1-3-11-15-12(10-5-7-19-13(10)16-11)14-9(8-17)4-6-18-2/h5,7,9,17H,3-4,6,8H2,1-2H3,(H,14,15,16). The number of hydrogen-bond donors (Lipinski definition) is 2. The van der Waals surface area contributed by atoms with Gasteiger partial charge in [-0.2, -0.15) is 11.8 Å². The molecule has 19 heavy (non-hydrogen) atoms. The fourth-order valence-electron chi connectivity index (χ4n) is 1.83. The molecule has 0 spiro atoms. The van der Waals surface area contributed by atoms with E-state index < -0.39 is 0 Å². The molecule has 0 fully saturated rings. The van der Waals surface area contributed by atoms with Gasteiger partial charge >= 0.3 is 0 Å². The molecule has 2 N–H and O–H groups in total. The number of aliphatic hydroxyl groups is 1. The third-order valence-electron chi connectivity index (χ3n) is 2.92. The van der Waals surface area contributed by atoms with Crippen molar-refractivity contribution in [3.05, 3.63) is 17.3 Å². The smallest absolute Gasteiger partial charge is 0.138 e. The Morgan fingerprint density at radius 3 is 3.00 bits per heavy atom. The van der Waals surface area contributed by atoms with Crippen LogP contribution in [0.25, 0.3) is 10.2 Å². The molecule has 0 amide bonds. The lowest BCUT2D eigenvalue weighted by Gasteiger charge is -2.17. The molecule has 0 saturated heterocycles. The molecule has 1 atom stereocenters. The Morgan fingerprint density at radius 2 is 2.32 bits per heavy atom. The Kier molecular flexibility index (Phi) is 5.42. The van der Waals surface area contributed by atoms with Gasteiger partial charge in [-0.3, -0.25) is 0 Å². The summed E-state index contributed by atoms with van der Waals surface area (Å²) < 4.78 is 0. The minimum absolute atomic E-state index is 0.0511. The Hall–Kier alpha value is -0.850. The van der Waals surface area contributed by atoms with Gasteiger partial charge in [0, 0.05) is 6.42 Å². The third-order valence-corrected chi connectivity index (χ3v) is 4.37. The van der Waals surface area contributed by atoms with E-state index in [4.69, 9.17) is 0 Å². The maximum absolute atomic E-state index is 9.45. The predicted molar refractivity (Wildman–Crippen MR) is 84.3 cm³/mol. The summed E-state index contributed by atoms with van der Waals surface area (Å²) >= 11 is 3.41.